The predicted octanol–water partition coefficient (Wildman–Crippen LogP) is 14.3. The number of hydrogen-bond acceptors (Lipinski definition) is 3. The monoisotopic (exact) mass is 819 g/mol. The Balaban J connectivity index is 6.31. The van der Waals surface area contributed by atoms with Crippen molar-refractivity contribution < 1.29 is 14.0 Å². The van der Waals surface area contributed by atoms with Gasteiger partial charge < -0.3 is 5.11 Å². The summed E-state index contributed by atoms with van der Waals surface area (Å²) in [6.45, 7) is 37.9. The van der Waals surface area contributed by atoms with Crippen molar-refractivity contribution in [3.8, 4) is 0 Å². The summed E-state index contributed by atoms with van der Waals surface area (Å²) in [7, 11) is -3.67. The molecule has 0 aromatic rings. The van der Waals surface area contributed by atoms with Gasteiger partial charge >= 0.3 is 261 Å². The van der Waals surface area contributed by atoms with Crippen LogP contribution in [-0.2, 0) is 8.85 Å². The van der Waals surface area contributed by atoms with Gasteiger partial charge in [0.2, 0.25) is 0 Å². The molecule has 0 aromatic carbocycles. The van der Waals surface area contributed by atoms with E-state index in [2.05, 4.69) is 109 Å². The summed E-state index contributed by atoms with van der Waals surface area (Å²) in [5.41, 5.74) is 0. The molecule has 0 heterocycles. The van der Waals surface area contributed by atoms with Gasteiger partial charge in [0.25, 0.3) is 0 Å². The summed E-state index contributed by atoms with van der Waals surface area (Å²) in [6.07, 6.45) is 16.9. The van der Waals surface area contributed by atoms with Crippen molar-refractivity contribution in [1.29, 1.82) is 0 Å². The van der Waals surface area contributed by atoms with Crippen LogP contribution in [0.2, 0.25) is 49.6 Å². The maximum atomic E-state index is 10.6. The van der Waals surface area contributed by atoms with E-state index in [1.165, 1.54) is 89.2 Å². The van der Waals surface area contributed by atoms with Crippen molar-refractivity contribution in [3.63, 3.8) is 0 Å². The van der Waals surface area contributed by atoms with Gasteiger partial charge in [0.05, 0.1) is 0 Å². The molecule has 6 heteroatoms. The summed E-state index contributed by atoms with van der Waals surface area (Å²) in [4.78, 5) is 0. The minimum absolute atomic E-state index is 0.161. The molecule has 0 aliphatic heterocycles. The first-order valence-electron chi connectivity index (χ1n) is 21.1. The molecule has 0 radical (unpaired) electrons. The predicted molar refractivity (Wildman–Crippen MR) is 225 cm³/mol. The number of rotatable bonds is 28. The standard InChI is InChI=1S/C30H63O3Si2.3C4H9.Sn/c1-14-18-19-28(32-34(12,13)30(9,10)11)23-25(6)22-24(5)20-21-29(26(7)27(8)31)33-35(15-2,16-3)17-4;3*1-3-4-2;/h19,24-29,31H,14-17,20-23H2,1-13H3;3*1,3-4H2,2H3;/t24-,25+,26+,27?,28?,29-;;;;/m0..../s1. The molecule has 0 aromatic heterocycles. The molecule has 2 unspecified atom stereocenters. The Labute approximate surface area is 310 Å². The number of unbranched alkanes of at least 4 members (excludes halogenated alkanes) is 3. The Bertz CT molecular complexity index is 818. The second kappa shape index (κ2) is 24.2. The molecule has 0 bridgehead atoms. The molecule has 6 atom stereocenters. The number of aliphatic hydroxyl groups excluding tert-OH is 1. The molecule has 0 aliphatic carbocycles. The van der Waals surface area contributed by atoms with E-state index in [4.69, 9.17) is 8.85 Å². The third-order valence-corrected chi connectivity index (χ3v) is 38.6. The second-order valence-electron chi connectivity index (χ2n) is 17.8. The van der Waals surface area contributed by atoms with Gasteiger partial charge in [-0.25, -0.2) is 0 Å². The zero-order chi connectivity index (χ0) is 37.2. The van der Waals surface area contributed by atoms with E-state index < -0.39 is 35.0 Å². The summed E-state index contributed by atoms with van der Waals surface area (Å²) < 4.78 is 21.0. The number of allylic oxidation sites excluding steroid dienone is 1. The van der Waals surface area contributed by atoms with Crippen molar-refractivity contribution in [2.75, 3.05) is 0 Å². The van der Waals surface area contributed by atoms with Crippen LogP contribution in [0.15, 0.2) is 9.67 Å². The van der Waals surface area contributed by atoms with Crippen LogP contribution in [0.1, 0.15) is 168 Å². The molecule has 0 saturated carbocycles. The van der Waals surface area contributed by atoms with Gasteiger partial charge in [0.15, 0.2) is 0 Å². The first kappa shape index (κ1) is 48.9. The van der Waals surface area contributed by atoms with Crippen molar-refractivity contribution in [2.45, 2.75) is 235 Å². The Hall–Kier alpha value is 0.852. The molecular weight excluding hydrogens is 727 g/mol. The van der Waals surface area contributed by atoms with E-state index in [9.17, 15) is 5.11 Å². The molecule has 0 spiro atoms. The van der Waals surface area contributed by atoms with E-state index in [1.807, 2.05) is 10.5 Å². The van der Waals surface area contributed by atoms with Gasteiger partial charge in [-0.3, -0.25) is 0 Å². The summed E-state index contributed by atoms with van der Waals surface area (Å²) >= 11 is -2.53. The molecule has 0 rings (SSSR count). The van der Waals surface area contributed by atoms with Crippen LogP contribution in [0, 0.1) is 17.8 Å². The van der Waals surface area contributed by atoms with E-state index in [0.717, 1.165) is 12.8 Å². The van der Waals surface area contributed by atoms with Gasteiger partial charge in [-0.1, -0.05) is 20.8 Å². The van der Waals surface area contributed by atoms with Gasteiger partial charge in [0, 0.05) is 0 Å². The minimum atomic E-state index is -2.53. The van der Waals surface area contributed by atoms with Gasteiger partial charge in [-0.2, -0.15) is 0 Å². The first-order chi connectivity index (χ1) is 22.4. The molecule has 0 aliphatic rings. The zero-order valence-corrected chi connectivity index (χ0v) is 40.7. The molecule has 0 amide bonds. The fourth-order valence-corrected chi connectivity index (χ4v) is 29.5. The summed E-state index contributed by atoms with van der Waals surface area (Å²) in [5, 5.41) is 10.8. The van der Waals surface area contributed by atoms with Crippen molar-refractivity contribution in [1.82, 2.24) is 0 Å². The van der Waals surface area contributed by atoms with Crippen molar-refractivity contribution in [3.05, 3.63) is 9.67 Å². The van der Waals surface area contributed by atoms with Crippen LogP contribution in [0.4, 0.5) is 0 Å². The average Bonchev–Trinajstić information content (AvgIpc) is 3.02. The molecular formula is C42H90O3Si2Sn. The molecule has 3 nitrogen and oxygen atoms in total. The Morgan fingerprint density at radius 2 is 1.19 bits per heavy atom. The molecule has 48 heavy (non-hydrogen) atoms. The molecule has 0 saturated heterocycles. The van der Waals surface area contributed by atoms with Crippen LogP contribution in [0.25, 0.3) is 0 Å². The third-order valence-electron chi connectivity index (χ3n) is 12.8. The number of aliphatic hydroxyl groups is 1. The van der Waals surface area contributed by atoms with Gasteiger partial charge in [-0.15, -0.1) is 0 Å². The fraction of sp³-hybridized carbons (Fsp3) is 0.952. The van der Waals surface area contributed by atoms with E-state index in [1.54, 1.807) is 0 Å². The second-order valence-corrected chi connectivity index (χ2v) is 40.7. The Kier molecular flexibility index (Phi) is 24.7. The van der Waals surface area contributed by atoms with Crippen LogP contribution in [0.5, 0.6) is 0 Å². The maximum absolute atomic E-state index is 10.6. The third kappa shape index (κ3) is 16.7. The SMILES string of the molecule is CCC[CH2][Sn]([CH2]CCC)([CH2]CCC)/[C](=C/C(C[C@H](C)C[C@@H](C)CC[C@H](O[Si](CC)(CC)CC)[C@H](C)C(C)O)O[Si](C)(C)C(C)(C)C)CC. The van der Waals surface area contributed by atoms with Crippen molar-refractivity contribution in [2.24, 2.45) is 17.8 Å². The van der Waals surface area contributed by atoms with Crippen LogP contribution in [-0.4, -0.2) is 58.4 Å². The summed E-state index contributed by atoms with van der Waals surface area (Å²) in [5.74, 6) is 1.42. The van der Waals surface area contributed by atoms with E-state index in [-0.39, 0.29) is 29.3 Å². The fourth-order valence-electron chi connectivity index (χ4n) is 7.81. The molecule has 1 N–H and O–H groups in total. The van der Waals surface area contributed by atoms with Gasteiger partial charge in [0.1, 0.15) is 0 Å². The Morgan fingerprint density at radius 1 is 0.708 bits per heavy atom. The normalized spacial score (nSPS) is 17.6. The summed E-state index contributed by atoms with van der Waals surface area (Å²) in [6, 6.07) is 3.50. The average molecular weight is 818 g/mol. The van der Waals surface area contributed by atoms with Gasteiger partial charge in [-0.05, 0) is 25.1 Å². The molecule has 0 fully saturated rings. The topological polar surface area (TPSA) is 38.7 Å². The first-order valence-corrected chi connectivity index (χ1v) is 34.0. The Morgan fingerprint density at radius 3 is 1.56 bits per heavy atom. The van der Waals surface area contributed by atoms with E-state index >= 15 is 0 Å². The quantitative estimate of drug-likeness (QED) is 0.0800. The van der Waals surface area contributed by atoms with Crippen LogP contribution < -0.4 is 0 Å². The molecule has 288 valence electrons. The van der Waals surface area contributed by atoms with Crippen LogP contribution in [0.3, 0.4) is 0 Å². The van der Waals surface area contributed by atoms with Crippen LogP contribution >= 0.6 is 0 Å². The zero-order valence-electron chi connectivity index (χ0n) is 35.8. The van der Waals surface area contributed by atoms with Crippen molar-refractivity contribution >= 4 is 35.0 Å². The van der Waals surface area contributed by atoms with E-state index in [0.29, 0.717) is 11.8 Å². The number of hydrogen-bond donors (Lipinski definition) is 1.